The van der Waals surface area contributed by atoms with Crippen molar-refractivity contribution in [3.05, 3.63) is 52.8 Å². The molecule has 0 aliphatic heterocycles. The van der Waals surface area contributed by atoms with Gasteiger partial charge in [0.05, 0.1) is 5.69 Å². The molecule has 2 rings (SSSR count). The standard InChI is InChI=1S/C18H23N3O2/c1-5-13(2)19-17(23)18(3,4)21-16(22)12-11-15(20-21)14-9-7-6-8-10-14/h6-13H,5H2,1-4H3,(H,19,23). The monoisotopic (exact) mass is 313 g/mol. The molecule has 5 heteroatoms. The second-order valence-corrected chi connectivity index (χ2v) is 6.18. The third kappa shape index (κ3) is 3.67. The Hall–Kier alpha value is -2.43. The quantitative estimate of drug-likeness (QED) is 0.922. The molecular weight excluding hydrogens is 290 g/mol. The first-order valence-corrected chi connectivity index (χ1v) is 7.83. The zero-order valence-corrected chi connectivity index (χ0v) is 14.0. The molecule has 0 aliphatic rings. The number of aromatic nitrogens is 2. The van der Waals surface area contributed by atoms with Crippen LogP contribution in [0.25, 0.3) is 11.3 Å². The summed E-state index contributed by atoms with van der Waals surface area (Å²) in [6.45, 7) is 7.34. The van der Waals surface area contributed by atoms with Crippen LogP contribution in [0.1, 0.15) is 34.1 Å². The van der Waals surface area contributed by atoms with Gasteiger partial charge in [-0.25, -0.2) is 4.68 Å². The molecule has 0 radical (unpaired) electrons. The molecule has 1 unspecified atom stereocenters. The number of hydrogen-bond donors (Lipinski definition) is 1. The first kappa shape index (κ1) is 16.9. The molecule has 5 nitrogen and oxygen atoms in total. The lowest BCUT2D eigenvalue weighted by Gasteiger charge is -2.27. The maximum Gasteiger partial charge on any atom is 0.267 e. The third-order valence-corrected chi connectivity index (χ3v) is 3.94. The molecule has 0 bridgehead atoms. The summed E-state index contributed by atoms with van der Waals surface area (Å²) in [7, 11) is 0. The van der Waals surface area contributed by atoms with Crippen molar-refractivity contribution in [3.63, 3.8) is 0 Å². The van der Waals surface area contributed by atoms with Gasteiger partial charge in [-0.1, -0.05) is 37.3 Å². The van der Waals surface area contributed by atoms with E-state index in [2.05, 4.69) is 10.4 Å². The highest BCUT2D eigenvalue weighted by molar-refractivity contribution is 5.83. The lowest BCUT2D eigenvalue weighted by atomic mass is 10.0. The minimum absolute atomic E-state index is 0.0507. The maximum absolute atomic E-state index is 12.5. The fourth-order valence-electron chi connectivity index (χ4n) is 2.17. The molecule has 1 heterocycles. The highest BCUT2D eigenvalue weighted by Crippen LogP contribution is 2.18. The van der Waals surface area contributed by atoms with Gasteiger partial charge in [0.1, 0.15) is 5.54 Å². The van der Waals surface area contributed by atoms with E-state index in [0.29, 0.717) is 5.69 Å². The van der Waals surface area contributed by atoms with Gasteiger partial charge < -0.3 is 5.32 Å². The van der Waals surface area contributed by atoms with E-state index in [1.165, 1.54) is 10.7 Å². The van der Waals surface area contributed by atoms with Crippen molar-refractivity contribution >= 4 is 5.91 Å². The Balaban J connectivity index is 2.42. The van der Waals surface area contributed by atoms with Gasteiger partial charge in [0, 0.05) is 17.7 Å². The van der Waals surface area contributed by atoms with E-state index in [-0.39, 0.29) is 17.5 Å². The molecule has 0 spiro atoms. The van der Waals surface area contributed by atoms with E-state index in [0.717, 1.165) is 12.0 Å². The minimum Gasteiger partial charge on any atom is -0.352 e. The molecule has 1 aromatic carbocycles. The second-order valence-electron chi connectivity index (χ2n) is 6.18. The molecule has 0 fully saturated rings. The molecule has 1 N–H and O–H groups in total. The molecular formula is C18H23N3O2. The van der Waals surface area contributed by atoms with E-state index >= 15 is 0 Å². The van der Waals surface area contributed by atoms with Crippen molar-refractivity contribution in [3.8, 4) is 11.3 Å². The van der Waals surface area contributed by atoms with Gasteiger partial charge in [0.2, 0.25) is 5.91 Å². The van der Waals surface area contributed by atoms with Crippen molar-refractivity contribution < 1.29 is 4.79 Å². The number of carbonyl (C=O) groups excluding carboxylic acids is 1. The highest BCUT2D eigenvalue weighted by Gasteiger charge is 2.32. The molecule has 2 aromatic rings. The SMILES string of the molecule is CCC(C)NC(=O)C(C)(C)n1nc(-c2ccccc2)ccc1=O. The normalized spacial score (nSPS) is 12.7. The summed E-state index contributed by atoms with van der Waals surface area (Å²) < 4.78 is 1.26. The lowest BCUT2D eigenvalue weighted by Crippen LogP contribution is -2.51. The van der Waals surface area contributed by atoms with Crippen molar-refractivity contribution in [2.24, 2.45) is 0 Å². The fourth-order valence-corrected chi connectivity index (χ4v) is 2.17. The molecule has 122 valence electrons. The number of amides is 1. The van der Waals surface area contributed by atoms with E-state index in [9.17, 15) is 9.59 Å². The smallest absolute Gasteiger partial charge is 0.267 e. The van der Waals surface area contributed by atoms with Crippen LogP contribution in [0.15, 0.2) is 47.3 Å². The van der Waals surface area contributed by atoms with Gasteiger partial charge in [-0.05, 0) is 33.3 Å². The van der Waals surface area contributed by atoms with Crippen molar-refractivity contribution in [2.45, 2.75) is 45.7 Å². The van der Waals surface area contributed by atoms with Gasteiger partial charge >= 0.3 is 0 Å². The Morgan fingerprint density at radius 1 is 1.22 bits per heavy atom. The second kappa shape index (κ2) is 6.77. The predicted octanol–water partition coefficient (Wildman–Crippen LogP) is 2.56. The number of hydrogen-bond acceptors (Lipinski definition) is 3. The van der Waals surface area contributed by atoms with Crippen molar-refractivity contribution in [1.82, 2.24) is 15.1 Å². The zero-order chi connectivity index (χ0) is 17.0. The van der Waals surface area contributed by atoms with E-state index in [1.807, 2.05) is 44.2 Å². The summed E-state index contributed by atoms with van der Waals surface area (Å²) in [6.07, 6.45) is 0.828. The van der Waals surface area contributed by atoms with Crippen LogP contribution in [0.2, 0.25) is 0 Å². The average Bonchev–Trinajstić information content (AvgIpc) is 2.55. The summed E-state index contributed by atoms with van der Waals surface area (Å²) in [6, 6.07) is 12.8. The Labute approximate surface area is 136 Å². The number of nitrogens with one attached hydrogen (secondary N) is 1. The molecule has 1 aromatic heterocycles. The van der Waals surface area contributed by atoms with Crippen molar-refractivity contribution in [2.75, 3.05) is 0 Å². The van der Waals surface area contributed by atoms with Crippen LogP contribution in [0.4, 0.5) is 0 Å². The fraction of sp³-hybridized carbons (Fsp3) is 0.389. The Bertz CT molecular complexity index is 735. The molecule has 0 saturated carbocycles. The van der Waals surface area contributed by atoms with Crippen LogP contribution in [0.3, 0.4) is 0 Å². The first-order chi connectivity index (χ1) is 10.9. The van der Waals surface area contributed by atoms with Gasteiger partial charge in [-0.2, -0.15) is 5.10 Å². The number of carbonyl (C=O) groups is 1. The van der Waals surface area contributed by atoms with E-state index in [4.69, 9.17) is 0 Å². The van der Waals surface area contributed by atoms with Gasteiger partial charge in [-0.3, -0.25) is 9.59 Å². The molecule has 23 heavy (non-hydrogen) atoms. The van der Waals surface area contributed by atoms with Crippen LogP contribution in [-0.4, -0.2) is 21.7 Å². The maximum atomic E-state index is 12.5. The Morgan fingerprint density at radius 3 is 2.48 bits per heavy atom. The van der Waals surface area contributed by atoms with Crippen LogP contribution in [0.5, 0.6) is 0 Å². The van der Waals surface area contributed by atoms with Gasteiger partial charge in [0.15, 0.2) is 0 Å². The third-order valence-electron chi connectivity index (χ3n) is 3.94. The topological polar surface area (TPSA) is 64.0 Å². The summed E-state index contributed by atoms with van der Waals surface area (Å²) >= 11 is 0. The van der Waals surface area contributed by atoms with Crippen LogP contribution < -0.4 is 10.9 Å². The summed E-state index contributed by atoms with van der Waals surface area (Å²) in [4.78, 5) is 24.8. The van der Waals surface area contributed by atoms with Gasteiger partial charge in [0.25, 0.3) is 5.56 Å². The van der Waals surface area contributed by atoms with Crippen LogP contribution in [-0.2, 0) is 10.3 Å². The van der Waals surface area contributed by atoms with E-state index < -0.39 is 5.54 Å². The minimum atomic E-state index is -1.06. The number of benzene rings is 1. The number of rotatable bonds is 5. The molecule has 1 amide bonds. The molecule has 1 atom stereocenters. The first-order valence-electron chi connectivity index (χ1n) is 7.83. The summed E-state index contributed by atoms with van der Waals surface area (Å²) in [5.41, 5.74) is 0.202. The van der Waals surface area contributed by atoms with Crippen molar-refractivity contribution in [1.29, 1.82) is 0 Å². The average molecular weight is 313 g/mol. The highest BCUT2D eigenvalue weighted by atomic mass is 16.2. The van der Waals surface area contributed by atoms with Gasteiger partial charge in [-0.15, -0.1) is 0 Å². The molecule has 0 aliphatic carbocycles. The molecule has 0 saturated heterocycles. The lowest BCUT2D eigenvalue weighted by molar-refractivity contribution is -0.129. The number of nitrogens with zero attached hydrogens (tertiary/aromatic N) is 2. The Kier molecular flexibility index (Phi) is 4.98. The Morgan fingerprint density at radius 2 is 1.87 bits per heavy atom. The summed E-state index contributed by atoms with van der Waals surface area (Å²) in [5, 5.41) is 7.33. The van der Waals surface area contributed by atoms with Crippen LogP contribution >= 0.6 is 0 Å². The van der Waals surface area contributed by atoms with E-state index in [1.54, 1.807) is 19.9 Å². The summed E-state index contributed by atoms with van der Waals surface area (Å²) in [5.74, 6) is -0.216. The predicted molar refractivity (Wildman–Crippen MR) is 91.2 cm³/mol. The largest absolute Gasteiger partial charge is 0.352 e. The zero-order valence-electron chi connectivity index (χ0n) is 14.0. The van der Waals surface area contributed by atoms with Crippen LogP contribution in [0, 0.1) is 0 Å².